The van der Waals surface area contributed by atoms with Crippen LogP contribution in [0.5, 0.6) is 0 Å². The van der Waals surface area contributed by atoms with Gasteiger partial charge in [-0.2, -0.15) is 10.2 Å². The largest absolute Gasteiger partial charge is 0.348 e. The highest BCUT2D eigenvalue weighted by molar-refractivity contribution is 7.80. The number of nitrogens with zero attached hydrogens (tertiary/aromatic N) is 5. The van der Waals surface area contributed by atoms with Crippen LogP contribution in [0.1, 0.15) is 52.9 Å². The van der Waals surface area contributed by atoms with Gasteiger partial charge in [-0.3, -0.25) is 10.9 Å². The number of hydrogen-bond acceptors (Lipinski definition) is 5. The Kier molecular flexibility index (Phi) is 10.5. The Labute approximate surface area is 179 Å². The van der Waals surface area contributed by atoms with Crippen LogP contribution < -0.4 is 10.9 Å². The number of thiocarbonyl (C=S) groups is 2. The third-order valence-corrected chi connectivity index (χ3v) is 4.93. The van der Waals surface area contributed by atoms with E-state index in [-0.39, 0.29) is 0 Å². The van der Waals surface area contributed by atoms with E-state index < -0.39 is 0 Å². The Bertz CT molecular complexity index is 665. The van der Waals surface area contributed by atoms with Gasteiger partial charge in [0.1, 0.15) is 0 Å². The van der Waals surface area contributed by atoms with Crippen LogP contribution in [0.3, 0.4) is 0 Å². The molecule has 0 bridgehead atoms. The van der Waals surface area contributed by atoms with E-state index >= 15 is 0 Å². The van der Waals surface area contributed by atoms with Gasteiger partial charge < -0.3 is 9.80 Å². The molecule has 28 heavy (non-hydrogen) atoms. The Morgan fingerprint density at radius 2 is 1.18 bits per heavy atom. The molecule has 0 aliphatic carbocycles. The second-order valence-corrected chi connectivity index (χ2v) is 6.75. The van der Waals surface area contributed by atoms with Crippen LogP contribution in [0.2, 0.25) is 0 Å². The summed E-state index contributed by atoms with van der Waals surface area (Å²) in [5.74, 6) is 0. The molecule has 0 aromatic carbocycles. The summed E-state index contributed by atoms with van der Waals surface area (Å²) in [5.41, 5.74) is 8.88. The van der Waals surface area contributed by atoms with Gasteiger partial charge in [0.05, 0.1) is 22.8 Å². The highest BCUT2D eigenvalue weighted by atomic mass is 32.1. The first kappa shape index (κ1) is 23.9. The topological polar surface area (TPSA) is 68.2 Å². The highest BCUT2D eigenvalue weighted by Gasteiger charge is 2.08. The number of hydrogen-bond donors (Lipinski definition) is 2. The summed E-state index contributed by atoms with van der Waals surface area (Å²) in [4.78, 5) is 8.69. The van der Waals surface area contributed by atoms with Gasteiger partial charge in [-0.15, -0.1) is 0 Å². The molecular formula is C19H31N7S2. The SMILES string of the molecule is CCN(CC)C(=S)N/N=C(/C)c1cccc(/C(C)=N/NC(=S)N(CC)CC)n1. The number of nitrogens with one attached hydrogen (secondary N) is 2. The molecule has 7 nitrogen and oxygen atoms in total. The van der Waals surface area contributed by atoms with E-state index in [0.717, 1.165) is 49.0 Å². The molecule has 9 heteroatoms. The zero-order chi connectivity index (χ0) is 21.1. The molecule has 1 aromatic heterocycles. The molecule has 0 radical (unpaired) electrons. The van der Waals surface area contributed by atoms with Crippen LogP contribution in [0.25, 0.3) is 0 Å². The van der Waals surface area contributed by atoms with Crippen LogP contribution in [0.15, 0.2) is 28.4 Å². The monoisotopic (exact) mass is 421 g/mol. The molecule has 0 atom stereocenters. The van der Waals surface area contributed by atoms with Crippen molar-refractivity contribution >= 4 is 46.1 Å². The van der Waals surface area contributed by atoms with E-state index in [1.807, 2.05) is 41.8 Å². The van der Waals surface area contributed by atoms with Gasteiger partial charge in [0, 0.05) is 26.2 Å². The van der Waals surface area contributed by atoms with E-state index in [2.05, 4.69) is 53.7 Å². The van der Waals surface area contributed by atoms with Crippen molar-refractivity contribution in [3.05, 3.63) is 29.6 Å². The molecule has 0 amide bonds. The highest BCUT2D eigenvalue weighted by Crippen LogP contribution is 2.03. The third kappa shape index (κ3) is 7.12. The predicted molar refractivity (Wildman–Crippen MR) is 126 cm³/mol. The average Bonchev–Trinajstić information content (AvgIpc) is 2.72. The van der Waals surface area contributed by atoms with Crippen LogP contribution >= 0.6 is 24.4 Å². The fourth-order valence-electron chi connectivity index (χ4n) is 2.38. The van der Waals surface area contributed by atoms with Crippen molar-refractivity contribution in [3.8, 4) is 0 Å². The molecular weight excluding hydrogens is 390 g/mol. The van der Waals surface area contributed by atoms with Crippen molar-refractivity contribution < 1.29 is 0 Å². The quantitative estimate of drug-likeness (QED) is 0.380. The number of pyridine rings is 1. The van der Waals surface area contributed by atoms with Crippen LogP contribution in [-0.2, 0) is 0 Å². The van der Waals surface area contributed by atoms with Gasteiger partial charge in [-0.1, -0.05) is 6.07 Å². The molecule has 0 spiro atoms. The second-order valence-electron chi connectivity index (χ2n) is 5.98. The summed E-state index contributed by atoms with van der Waals surface area (Å²) in [7, 11) is 0. The molecule has 154 valence electrons. The van der Waals surface area contributed by atoms with Crippen LogP contribution in [0.4, 0.5) is 0 Å². The zero-order valence-electron chi connectivity index (χ0n) is 17.6. The summed E-state index contributed by atoms with van der Waals surface area (Å²) in [5, 5.41) is 9.95. The average molecular weight is 422 g/mol. The van der Waals surface area contributed by atoms with E-state index in [1.54, 1.807) is 0 Å². The lowest BCUT2D eigenvalue weighted by molar-refractivity contribution is 0.458. The minimum Gasteiger partial charge on any atom is -0.348 e. The molecule has 1 heterocycles. The minimum absolute atomic E-state index is 0.604. The second kappa shape index (κ2) is 12.4. The summed E-state index contributed by atoms with van der Waals surface area (Å²) < 4.78 is 0. The molecule has 0 aliphatic rings. The lowest BCUT2D eigenvalue weighted by Gasteiger charge is -2.20. The van der Waals surface area contributed by atoms with Gasteiger partial charge in [-0.25, -0.2) is 4.98 Å². The lowest BCUT2D eigenvalue weighted by Crippen LogP contribution is -2.37. The summed E-state index contributed by atoms with van der Waals surface area (Å²) in [6, 6.07) is 5.75. The van der Waals surface area contributed by atoms with Crippen molar-refractivity contribution in [1.29, 1.82) is 0 Å². The van der Waals surface area contributed by atoms with E-state index in [9.17, 15) is 0 Å². The normalized spacial score (nSPS) is 11.8. The Hall–Kier alpha value is -2.13. The van der Waals surface area contributed by atoms with Gasteiger partial charge in [-0.05, 0) is 78.1 Å². The molecule has 0 aliphatic heterocycles. The maximum Gasteiger partial charge on any atom is 0.189 e. The number of aromatic nitrogens is 1. The molecule has 0 saturated carbocycles. The summed E-state index contributed by atoms with van der Waals surface area (Å²) in [6.07, 6.45) is 0. The summed E-state index contributed by atoms with van der Waals surface area (Å²) >= 11 is 10.7. The Balaban J connectivity index is 2.87. The Morgan fingerprint density at radius 3 is 1.50 bits per heavy atom. The standard InChI is InChI=1S/C19H31N7S2/c1-7-25(8-2)18(27)23-21-14(5)16-12-11-13-17(20-16)15(6)22-24-19(28)26(9-3)10-4/h11-13H,7-10H2,1-6H3,(H,23,27)(H,24,28)/b21-14-,22-15+. The number of hydrazone groups is 2. The third-order valence-electron chi connectivity index (χ3n) is 4.23. The van der Waals surface area contributed by atoms with Gasteiger partial charge >= 0.3 is 0 Å². The zero-order valence-corrected chi connectivity index (χ0v) is 19.2. The van der Waals surface area contributed by atoms with Crippen molar-refractivity contribution in [1.82, 2.24) is 25.6 Å². The molecule has 1 aromatic rings. The van der Waals surface area contributed by atoms with Crippen molar-refractivity contribution in [3.63, 3.8) is 0 Å². The first-order valence-corrected chi connectivity index (χ1v) is 10.4. The fourth-order valence-corrected chi connectivity index (χ4v) is 2.99. The van der Waals surface area contributed by atoms with E-state index in [4.69, 9.17) is 24.4 Å². The molecule has 0 saturated heterocycles. The number of rotatable bonds is 8. The smallest absolute Gasteiger partial charge is 0.189 e. The lowest BCUT2D eigenvalue weighted by atomic mass is 10.2. The maximum absolute atomic E-state index is 5.35. The minimum atomic E-state index is 0.604. The van der Waals surface area contributed by atoms with Crippen LogP contribution in [0, 0.1) is 0 Å². The van der Waals surface area contributed by atoms with Crippen molar-refractivity contribution in [2.24, 2.45) is 10.2 Å². The van der Waals surface area contributed by atoms with Crippen molar-refractivity contribution in [2.45, 2.75) is 41.5 Å². The van der Waals surface area contributed by atoms with Gasteiger partial charge in [0.2, 0.25) is 0 Å². The molecule has 2 N–H and O–H groups in total. The van der Waals surface area contributed by atoms with E-state index in [1.165, 1.54) is 0 Å². The molecule has 0 unspecified atom stereocenters. The van der Waals surface area contributed by atoms with Gasteiger partial charge in [0.15, 0.2) is 10.2 Å². The summed E-state index contributed by atoms with van der Waals surface area (Å²) in [6.45, 7) is 15.4. The first-order chi connectivity index (χ1) is 13.4. The van der Waals surface area contributed by atoms with E-state index in [0.29, 0.717) is 10.2 Å². The molecule has 1 rings (SSSR count). The fraction of sp³-hybridized carbons (Fsp3) is 0.526. The predicted octanol–water partition coefficient (Wildman–Crippen LogP) is 2.96. The van der Waals surface area contributed by atoms with Crippen molar-refractivity contribution in [2.75, 3.05) is 26.2 Å². The van der Waals surface area contributed by atoms with Crippen LogP contribution in [-0.4, -0.2) is 62.6 Å². The first-order valence-electron chi connectivity index (χ1n) is 9.53. The Morgan fingerprint density at radius 1 is 0.821 bits per heavy atom. The maximum atomic E-state index is 5.35. The molecule has 0 fully saturated rings. The van der Waals surface area contributed by atoms with Gasteiger partial charge in [0.25, 0.3) is 0 Å².